The van der Waals surface area contributed by atoms with Crippen molar-refractivity contribution < 1.29 is 24.2 Å². The predicted molar refractivity (Wildman–Crippen MR) is 120 cm³/mol. The smallest absolute Gasteiger partial charge is 0.347 e. The third-order valence-corrected chi connectivity index (χ3v) is 4.59. The molecule has 0 aliphatic heterocycles. The van der Waals surface area contributed by atoms with Crippen molar-refractivity contribution in [1.82, 2.24) is 5.32 Å². The topological polar surface area (TPSA) is 84.9 Å². The molecule has 0 heterocycles. The van der Waals surface area contributed by atoms with Crippen molar-refractivity contribution in [1.29, 1.82) is 0 Å². The summed E-state index contributed by atoms with van der Waals surface area (Å²) in [6.45, 7) is 4.64. The number of nitrogens with one attached hydrogen (secondary N) is 1. The number of unbranched alkanes of at least 4 members (excludes halogenated alkanes) is 2. The van der Waals surface area contributed by atoms with E-state index >= 15 is 0 Å². The Labute approximate surface area is 183 Å². The molecule has 0 saturated heterocycles. The van der Waals surface area contributed by atoms with Crippen LogP contribution < -0.4 is 14.8 Å². The Morgan fingerprint density at radius 1 is 1.10 bits per heavy atom. The molecule has 31 heavy (non-hydrogen) atoms. The molecule has 0 unspecified atom stereocenters. The zero-order valence-corrected chi connectivity index (χ0v) is 18.4. The number of para-hydroxylation sites is 1. The van der Waals surface area contributed by atoms with Crippen molar-refractivity contribution in [3.8, 4) is 17.2 Å². The predicted octanol–water partition coefficient (Wildman–Crippen LogP) is 5.01. The summed E-state index contributed by atoms with van der Waals surface area (Å²) in [5.74, 6) is 0.331. The fourth-order valence-corrected chi connectivity index (χ4v) is 2.91. The standard InChI is InChI=1S/C25H31NO5/c1-18(2)10-6-4-5-7-13-24(28)26-17-19-14-15-22(23(16-19)30-3)31-25(29)20-11-8-9-12-21(20)27/h6,8-12,14-16,18,27H,4-5,7,13,17H2,1-3H3,(H,26,28)/b10-6+. The highest BCUT2D eigenvalue weighted by molar-refractivity contribution is 5.94. The van der Waals surface area contributed by atoms with Gasteiger partial charge in [-0.15, -0.1) is 0 Å². The number of aromatic hydroxyl groups is 1. The van der Waals surface area contributed by atoms with Gasteiger partial charge in [0, 0.05) is 13.0 Å². The fraction of sp³-hybridized carbons (Fsp3) is 0.360. The second kappa shape index (κ2) is 12.4. The normalized spacial score (nSPS) is 11.0. The second-order valence-corrected chi connectivity index (χ2v) is 7.59. The molecule has 0 fully saturated rings. The zero-order valence-electron chi connectivity index (χ0n) is 18.4. The molecule has 0 aliphatic carbocycles. The first-order chi connectivity index (χ1) is 14.9. The number of ether oxygens (including phenoxy) is 2. The third kappa shape index (κ3) is 8.16. The Morgan fingerprint density at radius 2 is 1.87 bits per heavy atom. The number of benzene rings is 2. The lowest BCUT2D eigenvalue weighted by molar-refractivity contribution is -0.121. The molecule has 0 atom stereocenters. The molecule has 0 spiro atoms. The number of hydrogen-bond acceptors (Lipinski definition) is 5. The molecule has 2 N–H and O–H groups in total. The Hall–Kier alpha value is -3.28. The molecular weight excluding hydrogens is 394 g/mol. The Balaban J connectivity index is 1.85. The first kappa shape index (κ1) is 24.0. The number of methoxy groups -OCH3 is 1. The average molecular weight is 426 g/mol. The summed E-state index contributed by atoms with van der Waals surface area (Å²) in [5.41, 5.74) is 0.896. The van der Waals surface area contributed by atoms with E-state index in [2.05, 4.69) is 31.3 Å². The lowest BCUT2D eigenvalue weighted by Gasteiger charge is -2.12. The van der Waals surface area contributed by atoms with E-state index in [1.165, 1.54) is 19.2 Å². The van der Waals surface area contributed by atoms with Crippen molar-refractivity contribution >= 4 is 11.9 Å². The summed E-state index contributed by atoms with van der Waals surface area (Å²) < 4.78 is 10.7. The van der Waals surface area contributed by atoms with Gasteiger partial charge < -0.3 is 19.9 Å². The van der Waals surface area contributed by atoms with Crippen molar-refractivity contribution in [2.24, 2.45) is 5.92 Å². The second-order valence-electron chi connectivity index (χ2n) is 7.59. The van der Waals surface area contributed by atoms with E-state index in [4.69, 9.17) is 9.47 Å². The molecule has 2 rings (SSSR count). The summed E-state index contributed by atoms with van der Waals surface area (Å²) in [6, 6.07) is 11.2. The van der Waals surface area contributed by atoms with E-state index < -0.39 is 5.97 Å². The number of allylic oxidation sites excluding steroid dienone is 2. The molecule has 0 aromatic heterocycles. The molecule has 6 nitrogen and oxygen atoms in total. The van der Waals surface area contributed by atoms with Crippen LogP contribution in [0.1, 0.15) is 55.5 Å². The Bertz CT molecular complexity index is 905. The van der Waals surface area contributed by atoms with Crippen molar-refractivity contribution in [2.45, 2.75) is 46.1 Å². The molecule has 2 aromatic carbocycles. The minimum absolute atomic E-state index is 0.00173. The van der Waals surface area contributed by atoms with Gasteiger partial charge in [0.05, 0.1) is 7.11 Å². The van der Waals surface area contributed by atoms with E-state index in [1.54, 1.807) is 30.3 Å². The van der Waals surface area contributed by atoms with Crippen LogP contribution in [0.25, 0.3) is 0 Å². The van der Waals surface area contributed by atoms with Crippen LogP contribution in [-0.2, 0) is 11.3 Å². The summed E-state index contributed by atoms with van der Waals surface area (Å²) in [5, 5.41) is 12.7. The van der Waals surface area contributed by atoms with Crippen molar-refractivity contribution in [3.05, 3.63) is 65.7 Å². The highest BCUT2D eigenvalue weighted by Gasteiger charge is 2.16. The maximum Gasteiger partial charge on any atom is 0.347 e. The third-order valence-electron chi connectivity index (χ3n) is 4.59. The van der Waals surface area contributed by atoms with E-state index in [1.807, 2.05) is 0 Å². The van der Waals surface area contributed by atoms with Gasteiger partial charge in [-0.2, -0.15) is 0 Å². The van der Waals surface area contributed by atoms with Gasteiger partial charge in [0.25, 0.3) is 0 Å². The first-order valence-corrected chi connectivity index (χ1v) is 10.5. The van der Waals surface area contributed by atoms with Gasteiger partial charge in [-0.3, -0.25) is 4.79 Å². The average Bonchev–Trinajstić information content (AvgIpc) is 2.75. The van der Waals surface area contributed by atoms with Crippen LogP contribution in [0.4, 0.5) is 0 Å². The summed E-state index contributed by atoms with van der Waals surface area (Å²) in [6.07, 6.45) is 7.66. The lowest BCUT2D eigenvalue weighted by atomic mass is 10.1. The fourth-order valence-electron chi connectivity index (χ4n) is 2.91. The molecule has 2 aromatic rings. The number of phenolic OH excluding ortho intramolecular Hbond substituents is 1. The highest BCUT2D eigenvalue weighted by atomic mass is 16.6. The van der Waals surface area contributed by atoms with Gasteiger partial charge in [0.1, 0.15) is 11.3 Å². The summed E-state index contributed by atoms with van der Waals surface area (Å²) in [7, 11) is 1.47. The van der Waals surface area contributed by atoms with Crippen molar-refractivity contribution in [3.63, 3.8) is 0 Å². The highest BCUT2D eigenvalue weighted by Crippen LogP contribution is 2.29. The van der Waals surface area contributed by atoms with Gasteiger partial charge >= 0.3 is 5.97 Å². The molecule has 166 valence electrons. The van der Waals surface area contributed by atoms with Crippen LogP contribution in [0.3, 0.4) is 0 Å². The molecule has 0 aliphatic rings. The van der Waals surface area contributed by atoms with E-state index in [0.717, 1.165) is 24.8 Å². The van der Waals surface area contributed by atoms with E-state index in [9.17, 15) is 14.7 Å². The quantitative estimate of drug-likeness (QED) is 0.229. The monoisotopic (exact) mass is 425 g/mol. The molecule has 0 saturated carbocycles. The van der Waals surface area contributed by atoms with E-state index in [-0.39, 0.29) is 23.0 Å². The zero-order chi connectivity index (χ0) is 22.6. The van der Waals surface area contributed by atoms with E-state index in [0.29, 0.717) is 24.6 Å². The Kier molecular flexibility index (Phi) is 9.62. The Morgan fingerprint density at radius 3 is 2.58 bits per heavy atom. The number of amides is 1. The molecule has 0 radical (unpaired) electrons. The lowest BCUT2D eigenvalue weighted by Crippen LogP contribution is -2.22. The molecule has 1 amide bonds. The van der Waals surface area contributed by atoms with Gasteiger partial charge in [-0.1, -0.05) is 44.2 Å². The number of carbonyl (C=O) groups excluding carboxylic acids is 2. The van der Waals surface area contributed by atoms with Gasteiger partial charge in [0.15, 0.2) is 11.5 Å². The largest absolute Gasteiger partial charge is 0.507 e. The number of phenols is 1. The first-order valence-electron chi connectivity index (χ1n) is 10.5. The van der Waals surface area contributed by atoms with Gasteiger partial charge in [-0.25, -0.2) is 4.79 Å². The van der Waals surface area contributed by atoms with Crippen LogP contribution in [0.15, 0.2) is 54.6 Å². The van der Waals surface area contributed by atoms with Crippen molar-refractivity contribution in [2.75, 3.05) is 7.11 Å². The summed E-state index contributed by atoms with van der Waals surface area (Å²) in [4.78, 5) is 24.4. The SMILES string of the molecule is COc1cc(CNC(=O)CCCC/C=C/C(C)C)ccc1OC(=O)c1ccccc1O. The minimum atomic E-state index is -0.680. The van der Waals surface area contributed by atoms with Crippen LogP contribution >= 0.6 is 0 Å². The van der Waals surface area contributed by atoms with Crippen LogP contribution in [0.2, 0.25) is 0 Å². The maximum atomic E-state index is 12.3. The minimum Gasteiger partial charge on any atom is -0.507 e. The molecule has 6 heteroatoms. The van der Waals surface area contributed by atoms with Crippen LogP contribution in [-0.4, -0.2) is 24.1 Å². The number of carbonyl (C=O) groups is 2. The molecular formula is C25H31NO5. The molecule has 0 bridgehead atoms. The van der Waals surface area contributed by atoms with Gasteiger partial charge in [0.2, 0.25) is 5.91 Å². The van der Waals surface area contributed by atoms with Crippen LogP contribution in [0, 0.1) is 5.92 Å². The number of hydrogen-bond donors (Lipinski definition) is 2. The maximum absolute atomic E-state index is 12.3. The van der Waals surface area contributed by atoms with Gasteiger partial charge in [-0.05, 0) is 55.0 Å². The summed E-state index contributed by atoms with van der Waals surface area (Å²) >= 11 is 0. The number of rotatable bonds is 11. The van der Waals surface area contributed by atoms with Crippen LogP contribution in [0.5, 0.6) is 17.2 Å². The number of esters is 1.